The van der Waals surface area contributed by atoms with Crippen LogP contribution < -0.4 is 4.74 Å². The molecule has 4 heteroatoms. The molecule has 3 rings (SSSR count). The van der Waals surface area contributed by atoms with Crippen LogP contribution in [0.1, 0.15) is 25.1 Å². The number of aromatic nitrogens is 1. The molecule has 1 N–H and O–H groups in total. The van der Waals surface area contributed by atoms with Gasteiger partial charge in [0.1, 0.15) is 5.75 Å². The van der Waals surface area contributed by atoms with Crippen LogP contribution in [0.15, 0.2) is 48.5 Å². The van der Waals surface area contributed by atoms with Gasteiger partial charge in [-0.1, -0.05) is 43.3 Å². The lowest BCUT2D eigenvalue weighted by atomic mass is 10.2. The van der Waals surface area contributed by atoms with Crippen molar-refractivity contribution in [2.45, 2.75) is 26.8 Å². The average molecular weight is 309 g/mol. The van der Waals surface area contributed by atoms with Gasteiger partial charge in [-0.3, -0.25) is 4.79 Å². The SMILES string of the molecule is CCc1c(OC(C)=O)c2c(O)cccc2n1Cc1ccccc1. The number of aromatic hydroxyl groups is 1. The number of carbonyl (C=O) groups excluding carboxylic acids is 1. The number of fused-ring (bicyclic) bond motifs is 1. The van der Waals surface area contributed by atoms with Crippen LogP contribution in [0, 0.1) is 0 Å². The van der Waals surface area contributed by atoms with Crippen molar-refractivity contribution in [1.82, 2.24) is 4.57 Å². The van der Waals surface area contributed by atoms with Crippen molar-refractivity contribution in [3.05, 3.63) is 59.8 Å². The molecule has 0 saturated carbocycles. The van der Waals surface area contributed by atoms with Crippen LogP contribution in [0.25, 0.3) is 10.9 Å². The molecule has 0 aliphatic heterocycles. The Labute approximate surface area is 134 Å². The number of hydrogen-bond acceptors (Lipinski definition) is 3. The highest BCUT2D eigenvalue weighted by Gasteiger charge is 2.21. The second kappa shape index (κ2) is 6.16. The van der Waals surface area contributed by atoms with Gasteiger partial charge in [0.25, 0.3) is 0 Å². The maximum Gasteiger partial charge on any atom is 0.308 e. The Hall–Kier alpha value is -2.75. The normalized spacial score (nSPS) is 10.9. The van der Waals surface area contributed by atoms with E-state index < -0.39 is 0 Å². The minimum absolute atomic E-state index is 0.125. The second-order valence-corrected chi connectivity index (χ2v) is 5.47. The van der Waals surface area contributed by atoms with Gasteiger partial charge in [0.05, 0.1) is 16.6 Å². The molecule has 23 heavy (non-hydrogen) atoms. The van der Waals surface area contributed by atoms with Crippen molar-refractivity contribution in [3.8, 4) is 11.5 Å². The van der Waals surface area contributed by atoms with Gasteiger partial charge in [-0.15, -0.1) is 0 Å². The van der Waals surface area contributed by atoms with Crippen molar-refractivity contribution in [2.75, 3.05) is 0 Å². The van der Waals surface area contributed by atoms with Crippen LogP contribution in [0.5, 0.6) is 11.5 Å². The lowest BCUT2D eigenvalue weighted by Gasteiger charge is -2.10. The number of ether oxygens (including phenoxy) is 1. The van der Waals surface area contributed by atoms with Gasteiger partial charge in [-0.25, -0.2) is 0 Å². The Morgan fingerprint density at radius 1 is 1.13 bits per heavy atom. The maximum atomic E-state index is 11.5. The molecule has 0 atom stereocenters. The fraction of sp³-hybridized carbons (Fsp3) is 0.211. The monoisotopic (exact) mass is 309 g/mol. The summed E-state index contributed by atoms with van der Waals surface area (Å²) in [6, 6.07) is 15.4. The summed E-state index contributed by atoms with van der Waals surface area (Å²) in [7, 11) is 0. The summed E-state index contributed by atoms with van der Waals surface area (Å²) in [5.74, 6) is 0.200. The summed E-state index contributed by atoms with van der Waals surface area (Å²) >= 11 is 0. The first-order valence-corrected chi connectivity index (χ1v) is 7.67. The second-order valence-electron chi connectivity index (χ2n) is 5.47. The van der Waals surface area contributed by atoms with Crippen molar-refractivity contribution >= 4 is 16.9 Å². The molecular weight excluding hydrogens is 290 g/mol. The first-order chi connectivity index (χ1) is 11.1. The van der Waals surface area contributed by atoms with E-state index in [0.717, 1.165) is 16.8 Å². The number of phenols is 1. The van der Waals surface area contributed by atoms with E-state index in [1.165, 1.54) is 6.92 Å². The third kappa shape index (κ3) is 2.80. The lowest BCUT2D eigenvalue weighted by Crippen LogP contribution is -2.07. The minimum Gasteiger partial charge on any atom is -0.507 e. The molecule has 0 spiro atoms. The number of hydrogen-bond donors (Lipinski definition) is 1. The topological polar surface area (TPSA) is 51.5 Å². The minimum atomic E-state index is -0.387. The molecule has 118 valence electrons. The first kappa shape index (κ1) is 15.2. The summed E-state index contributed by atoms with van der Waals surface area (Å²) in [5, 5.41) is 10.9. The Balaban J connectivity index is 2.23. The number of carbonyl (C=O) groups is 1. The van der Waals surface area contributed by atoms with Gasteiger partial charge in [0.15, 0.2) is 5.75 Å². The molecule has 4 nitrogen and oxygen atoms in total. The molecule has 3 aromatic rings. The van der Waals surface area contributed by atoms with Crippen molar-refractivity contribution in [1.29, 1.82) is 0 Å². The fourth-order valence-corrected chi connectivity index (χ4v) is 2.95. The predicted molar refractivity (Wildman–Crippen MR) is 89.8 cm³/mol. The fourth-order valence-electron chi connectivity index (χ4n) is 2.95. The highest BCUT2D eigenvalue weighted by Crippen LogP contribution is 2.39. The zero-order valence-corrected chi connectivity index (χ0v) is 13.2. The van der Waals surface area contributed by atoms with Gasteiger partial charge in [-0.05, 0) is 24.1 Å². The predicted octanol–water partition coefficient (Wildman–Crippen LogP) is 3.88. The smallest absolute Gasteiger partial charge is 0.308 e. The Bertz CT molecular complexity index is 850. The highest BCUT2D eigenvalue weighted by molar-refractivity contribution is 5.95. The summed E-state index contributed by atoms with van der Waals surface area (Å²) < 4.78 is 7.53. The summed E-state index contributed by atoms with van der Waals surface area (Å²) in [6.45, 7) is 4.05. The summed E-state index contributed by atoms with van der Waals surface area (Å²) in [4.78, 5) is 11.5. The number of nitrogens with zero attached hydrogens (tertiary/aromatic N) is 1. The summed E-state index contributed by atoms with van der Waals surface area (Å²) in [5.41, 5.74) is 2.92. The summed E-state index contributed by atoms with van der Waals surface area (Å²) in [6.07, 6.45) is 0.698. The molecule has 1 heterocycles. The van der Waals surface area contributed by atoms with E-state index >= 15 is 0 Å². The molecule has 0 fully saturated rings. The molecule has 0 aliphatic carbocycles. The molecule has 1 aromatic heterocycles. The largest absolute Gasteiger partial charge is 0.507 e. The van der Waals surface area contributed by atoms with E-state index in [9.17, 15) is 9.90 Å². The molecule has 0 saturated heterocycles. The van der Waals surface area contributed by atoms with E-state index in [0.29, 0.717) is 24.1 Å². The van der Waals surface area contributed by atoms with Gasteiger partial charge in [-0.2, -0.15) is 0 Å². The molecule has 0 aliphatic rings. The van der Waals surface area contributed by atoms with Crippen LogP contribution in [0.3, 0.4) is 0 Å². The first-order valence-electron chi connectivity index (χ1n) is 7.67. The van der Waals surface area contributed by atoms with E-state index in [2.05, 4.69) is 16.7 Å². The van der Waals surface area contributed by atoms with Gasteiger partial charge < -0.3 is 14.4 Å². The Morgan fingerprint density at radius 2 is 1.87 bits per heavy atom. The molecular formula is C19H19NO3. The molecule has 0 radical (unpaired) electrons. The third-order valence-electron chi connectivity index (χ3n) is 3.89. The molecule has 2 aromatic carbocycles. The average Bonchev–Trinajstić information content (AvgIpc) is 2.82. The van der Waals surface area contributed by atoms with Crippen LogP contribution >= 0.6 is 0 Å². The van der Waals surface area contributed by atoms with Gasteiger partial charge >= 0.3 is 5.97 Å². The van der Waals surface area contributed by atoms with Crippen LogP contribution in [-0.4, -0.2) is 15.6 Å². The number of benzene rings is 2. The van der Waals surface area contributed by atoms with E-state index in [1.807, 2.05) is 31.2 Å². The van der Waals surface area contributed by atoms with Crippen LogP contribution in [0.2, 0.25) is 0 Å². The van der Waals surface area contributed by atoms with Crippen molar-refractivity contribution < 1.29 is 14.6 Å². The Morgan fingerprint density at radius 3 is 2.52 bits per heavy atom. The molecule has 0 bridgehead atoms. The maximum absolute atomic E-state index is 11.5. The number of phenolic OH excluding ortho intramolecular Hbond substituents is 1. The zero-order chi connectivity index (χ0) is 16.4. The van der Waals surface area contributed by atoms with Gasteiger partial charge in [0, 0.05) is 13.5 Å². The van der Waals surface area contributed by atoms with E-state index in [-0.39, 0.29) is 11.7 Å². The Kier molecular flexibility index (Phi) is 4.06. The van der Waals surface area contributed by atoms with Crippen molar-refractivity contribution in [3.63, 3.8) is 0 Å². The zero-order valence-electron chi connectivity index (χ0n) is 13.2. The molecule has 0 unspecified atom stereocenters. The number of esters is 1. The number of rotatable bonds is 4. The van der Waals surface area contributed by atoms with E-state index in [4.69, 9.17) is 4.74 Å². The van der Waals surface area contributed by atoms with Gasteiger partial charge in [0.2, 0.25) is 0 Å². The molecule has 0 amide bonds. The van der Waals surface area contributed by atoms with Crippen molar-refractivity contribution in [2.24, 2.45) is 0 Å². The van der Waals surface area contributed by atoms with Crippen LogP contribution in [0.4, 0.5) is 0 Å². The van der Waals surface area contributed by atoms with E-state index in [1.54, 1.807) is 12.1 Å². The third-order valence-corrected chi connectivity index (χ3v) is 3.89. The van der Waals surface area contributed by atoms with Crippen LogP contribution in [-0.2, 0) is 17.8 Å². The highest BCUT2D eigenvalue weighted by atomic mass is 16.5. The lowest BCUT2D eigenvalue weighted by molar-refractivity contribution is -0.131. The quantitative estimate of drug-likeness (QED) is 0.744. The standard InChI is InChI=1S/C19H19NO3/c1-3-15-19(23-13(2)21)18-16(10-7-11-17(18)22)20(15)12-14-8-5-4-6-9-14/h4-11,22H,3,12H2,1-2H3.